The Hall–Kier alpha value is -1.88. The molecule has 1 aromatic carbocycles. The van der Waals surface area contributed by atoms with E-state index in [4.69, 9.17) is 0 Å². The minimum Gasteiger partial charge on any atom is -0.391 e. The van der Waals surface area contributed by atoms with Gasteiger partial charge in [0.15, 0.2) is 0 Å². The quantitative estimate of drug-likeness (QED) is 0.715. The third-order valence-corrected chi connectivity index (χ3v) is 3.18. The summed E-state index contributed by atoms with van der Waals surface area (Å²) in [6, 6.07) is 5.51. The summed E-state index contributed by atoms with van der Waals surface area (Å²) < 4.78 is 0. The van der Waals surface area contributed by atoms with Gasteiger partial charge in [0, 0.05) is 12.2 Å². The topological polar surface area (TPSA) is 78.4 Å². The van der Waals surface area contributed by atoms with E-state index in [1.54, 1.807) is 6.07 Å². The minimum atomic E-state index is -0.735. The molecule has 0 saturated carbocycles. The third-order valence-electron chi connectivity index (χ3n) is 3.18. The maximum Gasteiger partial charge on any atom is 0.313 e. The van der Waals surface area contributed by atoms with E-state index in [9.17, 15) is 14.7 Å². The van der Waals surface area contributed by atoms with Crippen LogP contribution in [0.5, 0.6) is 0 Å². The van der Waals surface area contributed by atoms with Gasteiger partial charge in [-0.05, 0) is 37.5 Å². The largest absolute Gasteiger partial charge is 0.391 e. The molecule has 0 aromatic heterocycles. The van der Waals surface area contributed by atoms with Gasteiger partial charge in [0.05, 0.1) is 6.10 Å². The highest BCUT2D eigenvalue weighted by Crippen LogP contribution is 2.17. The van der Waals surface area contributed by atoms with Crippen LogP contribution < -0.4 is 10.6 Å². The predicted molar refractivity (Wildman–Crippen MR) is 78.5 cm³/mol. The highest BCUT2D eigenvalue weighted by Gasteiger charge is 2.15. The predicted octanol–water partition coefficient (Wildman–Crippen LogP) is 1.52. The number of carbonyl (C=O) groups excluding carboxylic acids is 2. The summed E-state index contributed by atoms with van der Waals surface area (Å²) >= 11 is 0. The van der Waals surface area contributed by atoms with Crippen molar-refractivity contribution in [2.24, 2.45) is 0 Å². The Morgan fingerprint density at radius 1 is 1.25 bits per heavy atom. The van der Waals surface area contributed by atoms with E-state index in [2.05, 4.69) is 10.6 Å². The summed E-state index contributed by atoms with van der Waals surface area (Å²) in [5, 5.41) is 14.5. The van der Waals surface area contributed by atoms with Crippen LogP contribution in [-0.4, -0.2) is 29.6 Å². The highest BCUT2D eigenvalue weighted by molar-refractivity contribution is 6.39. The van der Waals surface area contributed by atoms with Crippen molar-refractivity contribution in [3.8, 4) is 0 Å². The lowest BCUT2D eigenvalue weighted by Crippen LogP contribution is -2.39. The first-order chi connectivity index (χ1) is 9.45. The van der Waals surface area contributed by atoms with Crippen LogP contribution in [0.15, 0.2) is 18.2 Å². The van der Waals surface area contributed by atoms with E-state index >= 15 is 0 Å². The number of amides is 2. The van der Waals surface area contributed by atoms with Crippen molar-refractivity contribution >= 4 is 17.5 Å². The Morgan fingerprint density at radius 2 is 1.95 bits per heavy atom. The van der Waals surface area contributed by atoms with E-state index < -0.39 is 17.9 Å². The van der Waals surface area contributed by atoms with Crippen molar-refractivity contribution in [3.63, 3.8) is 0 Å². The molecule has 1 aromatic rings. The van der Waals surface area contributed by atoms with Gasteiger partial charge in [0.25, 0.3) is 0 Å². The maximum absolute atomic E-state index is 11.7. The molecule has 3 N–H and O–H groups in total. The summed E-state index contributed by atoms with van der Waals surface area (Å²) in [5.74, 6) is -1.46. The highest BCUT2D eigenvalue weighted by atomic mass is 16.3. The van der Waals surface area contributed by atoms with Crippen LogP contribution >= 0.6 is 0 Å². The average Bonchev–Trinajstić information content (AvgIpc) is 2.41. The Bertz CT molecular complexity index is 486. The Kier molecular flexibility index (Phi) is 6.18. The molecule has 110 valence electrons. The summed E-state index contributed by atoms with van der Waals surface area (Å²) in [6.07, 6.45) is 0.808. The Balaban J connectivity index is 2.54. The van der Waals surface area contributed by atoms with Crippen molar-refractivity contribution in [1.82, 2.24) is 5.32 Å². The molecule has 0 spiro atoms. The van der Waals surface area contributed by atoms with Crippen molar-refractivity contribution in [2.45, 2.75) is 39.7 Å². The zero-order chi connectivity index (χ0) is 15.1. The average molecular weight is 278 g/mol. The van der Waals surface area contributed by atoms with E-state index in [0.29, 0.717) is 12.1 Å². The van der Waals surface area contributed by atoms with Gasteiger partial charge in [-0.1, -0.05) is 25.5 Å². The van der Waals surface area contributed by atoms with E-state index in [-0.39, 0.29) is 6.54 Å². The number of benzene rings is 1. The van der Waals surface area contributed by atoms with Crippen LogP contribution in [0.3, 0.4) is 0 Å². The number of nitrogens with one attached hydrogen (secondary N) is 2. The second-order valence-electron chi connectivity index (χ2n) is 4.85. The zero-order valence-electron chi connectivity index (χ0n) is 12.2. The molecular weight excluding hydrogens is 256 g/mol. The molecule has 5 nitrogen and oxygen atoms in total. The summed E-state index contributed by atoms with van der Waals surface area (Å²) in [6.45, 7) is 5.85. The van der Waals surface area contributed by atoms with Gasteiger partial charge < -0.3 is 15.7 Å². The van der Waals surface area contributed by atoms with E-state index in [0.717, 1.165) is 17.5 Å². The van der Waals surface area contributed by atoms with Crippen LogP contribution in [0.4, 0.5) is 5.69 Å². The molecule has 0 fully saturated rings. The smallest absolute Gasteiger partial charge is 0.313 e. The van der Waals surface area contributed by atoms with Gasteiger partial charge in [-0.15, -0.1) is 0 Å². The first kappa shape index (κ1) is 16.2. The number of aliphatic hydroxyl groups excluding tert-OH is 1. The van der Waals surface area contributed by atoms with Gasteiger partial charge >= 0.3 is 11.8 Å². The Morgan fingerprint density at radius 3 is 2.60 bits per heavy atom. The van der Waals surface area contributed by atoms with Crippen LogP contribution in [0.1, 0.15) is 30.9 Å². The lowest BCUT2D eigenvalue weighted by molar-refractivity contribution is -0.136. The fourth-order valence-electron chi connectivity index (χ4n) is 1.79. The monoisotopic (exact) mass is 278 g/mol. The minimum absolute atomic E-state index is 0.0902. The fraction of sp³-hybridized carbons (Fsp3) is 0.467. The second-order valence-corrected chi connectivity index (χ2v) is 4.85. The molecule has 20 heavy (non-hydrogen) atoms. The molecular formula is C15H22N2O3. The molecule has 5 heteroatoms. The molecule has 0 aliphatic carbocycles. The van der Waals surface area contributed by atoms with Crippen molar-refractivity contribution in [1.29, 1.82) is 0 Å². The first-order valence-electron chi connectivity index (χ1n) is 6.79. The van der Waals surface area contributed by atoms with Crippen molar-refractivity contribution < 1.29 is 14.7 Å². The molecule has 0 heterocycles. The SMILES string of the molecule is CCCC(O)CNC(=O)C(=O)Nc1cccc(C)c1C. The first-order valence-corrected chi connectivity index (χ1v) is 6.79. The van der Waals surface area contributed by atoms with Crippen LogP contribution in [-0.2, 0) is 9.59 Å². The summed E-state index contributed by atoms with van der Waals surface area (Å²) in [7, 11) is 0. The standard InChI is InChI=1S/C15H22N2O3/c1-4-6-12(18)9-16-14(19)15(20)17-13-8-5-7-10(2)11(13)3/h5,7-8,12,18H,4,6,9H2,1-3H3,(H,16,19)(H,17,20). The van der Waals surface area contributed by atoms with Gasteiger partial charge in [0.2, 0.25) is 0 Å². The molecule has 1 atom stereocenters. The van der Waals surface area contributed by atoms with Gasteiger partial charge in [-0.3, -0.25) is 9.59 Å². The normalized spacial score (nSPS) is 11.8. The number of aliphatic hydroxyl groups is 1. The Labute approximate surface area is 119 Å². The van der Waals surface area contributed by atoms with Crippen LogP contribution in [0.2, 0.25) is 0 Å². The van der Waals surface area contributed by atoms with Gasteiger partial charge in [-0.25, -0.2) is 0 Å². The summed E-state index contributed by atoms with van der Waals surface area (Å²) in [5.41, 5.74) is 2.60. The molecule has 1 rings (SSSR count). The molecule has 0 bridgehead atoms. The lowest BCUT2D eigenvalue weighted by atomic mass is 10.1. The van der Waals surface area contributed by atoms with Crippen molar-refractivity contribution in [2.75, 3.05) is 11.9 Å². The fourth-order valence-corrected chi connectivity index (χ4v) is 1.79. The number of hydrogen-bond acceptors (Lipinski definition) is 3. The zero-order valence-corrected chi connectivity index (χ0v) is 12.2. The third kappa shape index (κ3) is 4.66. The molecule has 0 aliphatic heterocycles. The number of hydrogen-bond donors (Lipinski definition) is 3. The number of anilines is 1. The second kappa shape index (κ2) is 7.65. The molecule has 0 aliphatic rings. The van der Waals surface area contributed by atoms with Crippen LogP contribution in [0, 0.1) is 13.8 Å². The number of rotatable bonds is 5. The van der Waals surface area contributed by atoms with Gasteiger partial charge in [0.1, 0.15) is 0 Å². The van der Waals surface area contributed by atoms with E-state index in [1.165, 1.54) is 0 Å². The molecule has 2 amide bonds. The number of carbonyl (C=O) groups is 2. The maximum atomic E-state index is 11.7. The van der Waals surface area contributed by atoms with Gasteiger partial charge in [-0.2, -0.15) is 0 Å². The summed E-state index contributed by atoms with van der Waals surface area (Å²) in [4.78, 5) is 23.4. The van der Waals surface area contributed by atoms with Crippen molar-refractivity contribution in [3.05, 3.63) is 29.3 Å². The number of aryl methyl sites for hydroxylation is 1. The van der Waals surface area contributed by atoms with Crippen LogP contribution in [0.25, 0.3) is 0 Å². The molecule has 0 saturated heterocycles. The lowest BCUT2D eigenvalue weighted by Gasteiger charge is -2.12. The molecule has 0 radical (unpaired) electrons. The van der Waals surface area contributed by atoms with E-state index in [1.807, 2.05) is 32.9 Å². The molecule has 1 unspecified atom stereocenters.